The maximum absolute atomic E-state index is 11.8. The van der Waals surface area contributed by atoms with E-state index in [9.17, 15) is 15.0 Å². The van der Waals surface area contributed by atoms with Gasteiger partial charge in [-0.25, -0.2) is 0 Å². The minimum absolute atomic E-state index is 0.0254. The standard InChI is InChI=1S/C27H46O4/c1-6-19-23-15-18(31-17(3)29)9-12-27(23,5)22-10-13-26(4)20(16(2)11-14-28)7-8-21(26)24(22)25(19)30/h16,18-25,28,30H,6-15H2,1-5H3/t16-,18-,19-,20-,21?,22?,23+,24?,25-,26-,27-/m1/s1. The second kappa shape index (κ2) is 8.63. The Hall–Kier alpha value is -0.610. The summed E-state index contributed by atoms with van der Waals surface area (Å²) in [5, 5.41) is 21.4. The molecule has 3 unspecified atom stereocenters. The highest BCUT2D eigenvalue weighted by Gasteiger charge is 2.65. The number of ether oxygens (including phenoxy) is 1. The highest BCUT2D eigenvalue weighted by atomic mass is 16.5. The summed E-state index contributed by atoms with van der Waals surface area (Å²) in [4.78, 5) is 11.6. The second-order valence-corrected chi connectivity index (χ2v) is 12.2. The summed E-state index contributed by atoms with van der Waals surface area (Å²) in [7, 11) is 0. The lowest BCUT2D eigenvalue weighted by atomic mass is 9.41. The molecule has 0 radical (unpaired) electrons. The number of hydrogen-bond acceptors (Lipinski definition) is 4. The third-order valence-electron chi connectivity index (χ3n) is 11.0. The van der Waals surface area contributed by atoms with E-state index in [0.717, 1.165) is 32.1 Å². The Bertz CT molecular complexity index is 664. The van der Waals surface area contributed by atoms with Gasteiger partial charge in [0.15, 0.2) is 0 Å². The Morgan fingerprint density at radius 3 is 2.39 bits per heavy atom. The minimum Gasteiger partial charge on any atom is -0.463 e. The summed E-state index contributed by atoms with van der Waals surface area (Å²) in [5.74, 6) is 3.40. The van der Waals surface area contributed by atoms with Crippen LogP contribution in [0.3, 0.4) is 0 Å². The fourth-order valence-electron chi connectivity index (χ4n) is 9.66. The fraction of sp³-hybridized carbons (Fsp3) is 0.963. The number of carbonyl (C=O) groups is 1. The summed E-state index contributed by atoms with van der Waals surface area (Å²) in [6.45, 7) is 11.4. The van der Waals surface area contributed by atoms with Gasteiger partial charge in [0.25, 0.3) is 0 Å². The second-order valence-electron chi connectivity index (χ2n) is 12.2. The van der Waals surface area contributed by atoms with Gasteiger partial charge in [-0.05, 0) is 104 Å². The van der Waals surface area contributed by atoms with Crippen molar-refractivity contribution in [2.45, 2.75) is 105 Å². The molecule has 178 valence electrons. The van der Waals surface area contributed by atoms with Crippen LogP contribution in [0.25, 0.3) is 0 Å². The highest BCUT2D eigenvalue weighted by molar-refractivity contribution is 5.66. The van der Waals surface area contributed by atoms with Gasteiger partial charge in [0.2, 0.25) is 0 Å². The van der Waals surface area contributed by atoms with Crippen molar-refractivity contribution < 1.29 is 19.7 Å². The molecule has 4 saturated carbocycles. The SMILES string of the molecule is CC[C@H]1[C@@H](O)C2C3CC[C@H]([C@H](C)CCO)[C@@]3(C)CCC2[C@@]2(C)CC[C@@H](OC(C)=O)C[C@@H]12. The van der Waals surface area contributed by atoms with Crippen molar-refractivity contribution in [3.8, 4) is 0 Å². The van der Waals surface area contributed by atoms with Gasteiger partial charge in [0.1, 0.15) is 6.10 Å². The van der Waals surface area contributed by atoms with Gasteiger partial charge < -0.3 is 14.9 Å². The molecule has 4 aliphatic rings. The Balaban J connectivity index is 1.62. The smallest absolute Gasteiger partial charge is 0.302 e. The van der Waals surface area contributed by atoms with Crippen LogP contribution in [0.2, 0.25) is 0 Å². The number of carbonyl (C=O) groups excluding carboxylic acids is 1. The monoisotopic (exact) mass is 434 g/mol. The molecule has 4 rings (SSSR count). The molecule has 2 N–H and O–H groups in total. The van der Waals surface area contributed by atoms with Crippen molar-refractivity contribution in [2.24, 2.45) is 52.3 Å². The summed E-state index contributed by atoms with van der Waals surface area (Å²) in [6.07, 6.45) is 9.69. The van der Waals surface area contributed by atoms with E-state index in [1.165, 1.54) is 32.6 Å². The quantitative estimate of drug-likeness (QED) is 0.584. The predicted octanol–water partition coefficient (Wildman–Crippen LogP) is 5.20. The molecule has 4 fully saturated rings. The van der Waals surface area contributed by atoms with Crippen molar-refractivity contribution in [3.63, 3.8) is 0 Å². The molecule has 11 atom stereocenters. The van der Waals surface area contributed by atoms with Crippen molar-refractivity contribution in [3.05, 3.63) is 0 Å². The van der Waals surface area contributed by atoms with Crippen molar-refractivity contribution in [2.75, 3.05) is 6.61 Å². The van der Waals surface area contributed by atoms with E-state index in [1.54, 1.807) is 0 Å². The number of aliphatic hydroxyl groups is 2. The van der Waals surface area contributed by atoms with E-state index in [4.69, 9.17) is 4.74 Å². The van der Waals surface area contributed by atoms with Crippen molar-refractivity contribution in [1.82, 2.24) is 0 Å². The van der Waals surface area contributed by atoms with E-state index in [-0.39, 0.29) is 30.2 Å². The van der Waals surface area contributed by atoms with E-state index < -0.39 is 0 Å². The number of fused-ring (bicyclic) bond motifs is 5. The van der Waals surface area contributed by atoms with Crippen molar-refractivity contribution >= 4 is 5.97 Å². The van der Waals surface area contributed by atoms with Gasteiger partial charge in [-0.2, -0.15) is 0 Å². The largest absolute Gasteiger partial charge is 0.463 e. The molecule has 0 aliphatic heterocycles. The first-order valence-corrected chi connectivity index (χ1v) is 13.1. The van der Waals surface area contributed by atoms with Crippen LogP contribution in [0.4, 0.5) is 0 Å². The molecule has 4 heteroatoms. The van der Waals surface area contributed by atoms with Gasteiger partial charge in [-0.3, -0.25) is 4.79 Å². The lowest BCUT2D eigenvalue weighted by Gasteiger charge is -2.64. The first kappa shape index (κ1) is 23.5. The third kappa shape index (κ3) is 3.68. The maximum atomic E-state index is 11.8. The molecule has 0 saturated heterocycles. The van der Waals surface area contributed by atoms with Crippen LogP contribution >= 0.6 is 0 Å². The lowest BCUT2D eigenvalue weighted by molar-refractivity contribution is -0.207. The first-order chi connectivity index (χ1) is 14.7. The van der Waals surface area contributed by atoms with Crippen LogP contribution < -0.4 is 0 Å². The number of aliphatic hydroxyl groups excluding tert-OH is 2. The van der Waals surface area contributed by atoms with Gasteiger partial charge >= 0.3 is 5.97 Å². The lowest BCUT2D eigenvalue weighted by Crippen LogP contribution is -2.62. The number of esters is 1. The van der Waals surface area contributed by atoms with Gasteiger partial charge in [0.05, 0.1) is 6.10 Å². The zero-order valence-electron chi connectivity index (χ0n) is 20.5. The normalized spacial score (nSPS) is 50.2. The summed E-state index contributed by atoms with van der Waals surface area (Å²) in [5.41, 5.74) is 0.546. The molecule has 0 heterocycles. The highest BCUT2D eigenvalue weighted by Crippen LogP contribution is 2.69. The van der Waals surface area contributed by atoms with Crippen LogP contribution in [0.5, 0.6) is 0 Å². The summed E-state index contributed by atoms with van der Waals surface area (Å²) in [6, 6.07) is 0. The fourth-order valence-corrected chi connectivity index (χ4v) is 9.66. The molecule has 0 aromatic carbocycles. The Kier molecular flexibility index (Phi) is 6.55. The van der Waals surface area contributed by atoms with Crippen LogP contribution in [0.15, 0.2) is 0 Å². The van der Waals surface area contributed by atoms with E-state index in [2.05, 4.69) is 27.7 Å². The predicted molar refractivity (Wildman–Crippen MR) is 122 cm³/mol. The van der Waals surface area contributed by atoms with Crippen LogP contribution in [-0.4, -0.2) is 35.0 Å². The molecule has 0 amide bonds. The minimum atomic E-state index is -0.235. The molecule has 0 aromatic heterocycles. The zero-order chi connectivity index (χ0) is 22.6. The maximum Gasteiger partial charge on any atom is 0.302 e. The Labute approximate surface area is 189 Å². The third-order valence-corrected chi connectivity index (χ3v) is 11.0. The molecule has 31 heavy (non-hydrogen) atoms. The van der Waals surface area contributed by atoms with Crippen LogP contribution in [0, 0.1) is 52.3 Å². The summed E-state index contributed by atoms with van der Waals surface area (Å²) < 4.78 is 5.66. The van der Waals surface area contributed by atoms with E-state index in [0.29, 0.717) is 46.8 Å². The Morgan fingerprint density at radius 2 is 1.74 bits per heavy atom. The molecule has 0 bridgehead atoms. The van der Waals surface area contributed by atoms with E-state index >= 15 is 0 Å². The van der Waals surface area contributed by atoms with E-state index in [1.807, 2.05) is 0 Å². The molecule has 0 aromatic rings. The Morgan fingerprint density at radius 1 is 1.06 bits per heavy atom. The van der Waals surface area contributed by atoms with Crippen LogP contribution in [0.1, 0.15) is 92.4 Å². The van der Waals surface area contributed by atoms with Gasteiger partial charge in [0, 0.05) is 13.5 Å². The van der Waals surface area contributed by atoms with Crippen molar-refractivity contribution in [1.29, 1.82) is 0 Å². The van der Waals surface area contributed by atoms with Gasteiger partial charge in [-0.1, -0.05) is 34.1 Å². The molecular formula is C27H46O4. The average molecular weight is 435 g/mol. The number of hydrogen-bond donors (Lipinski definition) is 2. The van der Waals surface area contributed by atoms with Crippen LogP contribution in [-0.2, 0) is 9.53 Å². The molecular weight excluding hydrogens is 388 g/mol. The first-order valence-electron chi connectivity index (χ1n) is 13.1. The average Bonchev–Trinajstić information content (AvgIpc) is 3.06. The summed E-state index contributed by atoms with van der Waals surface area (Å²) >= 11 is 0. The molecule has 4 nitrogen and oxygen atoms in total. The zero-order valence-corrected chi connectivity index (χ0v) is 20.5. The molecule has 0 spiro atoms. The topological polar surface area (TPSA) is 66.8 Å². The molecule has 4 aliphatic carbocycles. The van der Waals surface area contributed by atoms with Gasteiger partial charge in [-0.15, -0.1) is 0 Å². The number of rotatable bonds is 5.